The molecular formula is C6H18GdN2O2Si2. The molecular weight excluding hydrogens is 346 g/mol. The van der Waals surface area contributed by atoms with Gasteiger partial charge in [0.25, 0.3) is 0 Å². The van der Waals surface area contributed by atoms with Gasteiger partial charge in [-0.05, 0) is 41.3 Å². The summed E-state index contributed by atoms with van der Waals surface area (Å²) in [6, 6.07) is 0. The van der Waals surface area contributed by atoms with Crippen LogP contribution in [0.5, 0.6) is 0 Å². The van der Waals surface area contributed by atoms with Crippen molar-refractivity contribution >= 4 is 17.7 Å². The van der Waals surface area contributed by atoms with E-state index >= 15 is 0 Å². The van der Waals surface area contributed by atoms with Crippen molar-refractivity contribution in [3.8, 4) is 0 Å². The van der Waals surface area contributed by atoms with E-state index in [-0.39, 0.29) is 39.9 Å². The maximum Gasteiger partial charge on any atom is 0.390 e. The van der Waals surface area contributed by atoms with Gasteiger partial charge in [0.1, 0.15) is 0 Å². The number of nitrogens with zero attached hydrogens (tertiary/aromatic N) is 2. The van der Waals surface area contributed by atoms with E-state index in [1.807, 2.05) is 0 Å². The Balaban J connectivity index is -0.000000143. The van der Waals surface area contributed by atoms with Crippen LogP contribution in [0.15, 0.2) is 0 Å². The molecule has 0 unspecified atom stereocenters. The molecule has 0 atom stereocenters. The van der Waals surface area contributed by atoms with Crippen LogP contribution >= 0.6 is 0 Å². The second-order valence-corrected chi connectivity index (χ2v) is 6.69. The van der Waals surface area contributed by atoms with Crippen molar-refractivity contribution in [3.05, 3.63) is 0 Å². The number of hydrogen-bond donors (Lipinski definition) is 0. The number of rotatable bonds is 2. The van der Waals surface area contributed by atoms with Crippen LogP contribution in [-0.4, -0.2) is 55.0 Å². The minimum absolute atomic E-state index is 0. The average Bonchev–Trinajstić information content (AvgIpc) is 1.88. The first-order valence-electron chi connectivity index (χ1n) is 3.64. The molecule has 0 aliphatic carbocycles. The fourth-order valence-electron chi connectivity index (χ4n) is 0. The van der Waals surface area contributed by atoms with E-state index in [2.05, 4.69) is 0 Å². The van der Waals surface area contributed by atoms with Gasteiger partial charge >= 0.3 is 17.7 Å². The van der Waals surface area contributed by atoms with Gasteiger partial charge in [-0.2, -0.15) is 0 Å². The van der Waals surface area contributed by atoms with Gasteiger partial charge in [0.2, 0.25) is 0 Å². The third-order valence-electron chi connectivity index (χ3n) is 1.26. The smallest absolute Gasteiger partial charge is 0.383 e. The van der Waals surface area contributed by atoms with Gasteiger partial charge in [-0.3, -0.25) is 0 Å². The summed E-state index contributed by atoms with van der Waals surface area (Å²) >= 11 is 0. The van der Waals surface area contributed by atoms with Gasteiger partial charge in [0, 0.05) is 39.9 Å². The molecule has 0 aromatic carbocycles. The van der Waals surface area contributed by atoms with Gasteiger partial charge < -0.3 is 18.1 Å². The van der Waals surface area contributed by atoms with Gasteiger partial charge in [-0.15, -0.1) is 0 Å². The van der Waals surface area contributed by atoms with Crippen LogP contribution in [0.1, 0.15) is 0 Å². The van der Waals surface area contributed by atoms with Crippen molar-refractivity contribution in [2.45, 2.75) is 13.1 Å². The number of hydrogen-bond acceptors (Lipinski definition) is 2. The van der Waals surface area contributed by atoms with Crippen LogP contribution in [0.2, 0.25) is 13.1 Å². The van der Waals surface area contributed by atoms with Gasteiger partial charge in [0.15, 0.2) is 0 Å². The Kier molecular flexibility index (Phi) is 16.6. The molecule has 0 aromatic rings. The summed E-state index contributed by atoms with van der Waals surface area (Å²) < 4.78 is 23.9. The van der Waals surface area contributed by atoms with Crippen LogP contribution in [0.25, 0.3) is 0 Å². The van der Waals surface area contributed by atoms with Crippen LogP contribution in [0.3, 0.4) is 0 Å². The zero-order valence-electron chi connectivity index (χ0n) is 9.06. The summed E-state index contributed by atoms with van der Waals surface area (Å²) in [5, 5.41) is 0. The monoisotopic (exact) mass is 364 g/mol. The van der Waals surface area contributed by atoms with E-state index in [1.54, 1.807) is 50.4 Å². The molecule has 0 rings (SSSR count). The quantitative estimate of drug-likeness (QED) is 0.657. The minimum atomic E-state index is -1.37. The first-order valence-corrected chi connectivity index (χ1v) is 7.36. The minimum Gasteiger partial charge on any atom is -0.383 e. The summed E-state index contributed by atoms with van der Waals surface area (Å²) in [5.74, 6) is 0. The van der Waals surface area contributed by atoms with Crippen molar-refractivity contribution in [3.63, 3.8) is 0 Å². The molecule has 0 N–H and O–H groups in total. The Labute approximate surface area is 116 Å². The maximum atomic E-state index is 10.3. The zero-order valence-corrected chi connectivity index (χ0v) is 13.3. The molecule has 0 heterocycles. The van der Waals surface area contributed by atoms with Crippen LogP contribution in [-0.2, 0) is 8.92 Å². The SMILES string of the molecule is CN(C)[Si](C)=O.CN(C)[Si](C)=O.[Gd]. The second-order valence-electron chi connectivity index (χ2n) is 2.83. The van der Waals surface area contributed by atoms with E-state index in [0.717, 1.165) is 0 Å². The largest absolute Gasteiger partial charge is 0.390 e. The Morgan fingerprint density at radius 2 is 0.846 bits per heavy atom. The van der Waals surface area contributed by atoms with Crippen molar-refractivity contribution < 1.29 is 48.9 Å². The van der Waals surface area contributed by atoms with Crippen molar-refractivity contribution in [2.24, 2.45) is 0 Å². The summed E-state index contributed by atoms with van der Waals surface area (Å²) in [4.78, 5) is 0. The maximum absolute atomic E-state index is 10.3. The molecule has 0 amide bonds. The van der Waals surface area contributed by atoms with Crippen LogP contribution in [0.4, 0.5) is 0 Å². The Morgan fingerprint density at radius 1 is 0.769 bits per heavy atom. The van der Waals surface area contributed by atoms with E-state index in [4.69, 9.17) is 0 Å². The molecule has 80 valence electrons. The Morgan fingerprint density at radius 3 is 0.846 bits per heavy atom. The molecule has 0 aliphatic rings. The van der Waals surface area contributed by atoms with Crippen molar-refractivity contribution in [2.75, 3.05) is 28.2 Å². The Hall–Kier alpha value is 0.958. The topological polar surface area (TPSA) is 40.6 Å². The third kappa shape index (κ3) is 19.4. The fourth-order valence-corrected chi connectivity index (χ4v) is 0. The van der Waals surface area contributed by atoms with Crippen molar-refractivity contribution in [1.29, 1.82) is 0 Å². The molecule has 0 aromatic heterocycles. The average molecular weight is 364 g/mol. The van der Waals surface area contributed by atoms with Gasteiger partial charge in [-0.25, -0.2) is 0 Å². The molecule has 13 heavy (non-hydrogen) atoms. The molecule has 0 radical (unpaired) electrons. The molecule has 0 saturated carbocycles. The normalized spacial score (nSPS) is 7.23. The van der Waals surface area contributed by atoms with E-state index in [0.29, 0.717) is 0 Å². The fraction of sp³-hybridized carbons (Fsp3) is 1.00. The molecule has 0 saturated heterocycles. The first kappa shape index (κ1) is 19.5. The van der Waals surface area contributed by atoms with E-state index in [9.17, 15) is 8.92 Å². The van der Waals surface area contributed by atoms with E-state index < -0.39 is 17.7 Å². The summed E-state index contributed by atoms with van der Waals surface area (Å²) in [5.41, 5.74) is 0. The first-order chi connectivity index (χ1) is 5.29. The molecule has 0 bridgehead atoms. The van der Waals surface area contributed by atoms with Crippen molar-refractivity contribution in [1.82, 2.24) is 9.13 Å². The second kappa shape index (κ2) is 11.0. The molecule has 7 heteroatoms. The molecule has 4 nitrogen and oxygen atoms in total. The third-order valence-corrected chi connectivity index (χ3v) is 3.78. The predicted molar refractivity (Wildman–Crippen MR) is 52.0 cm³/mol. The zero-order chi connectivity index (χ0) is 10.3. The summed E-state index contributed by atoms with van der Waals surface area (Å²) in [7, 11) is 4.49. The van der Waals surface area contributed by atoms with Crippen LogP contribution in [0, 0.1) is 39.9 Å². The molecule has 0 spiro atoms. The van der Waals surface area contributed by atoms with E-state index in [1.165, 1.54) is 0 Å². The summed E-state index contributed by atoms with van der Waals surface area (Å²) in [6.07, 6.45) is 0. The molecule has 0 fully saturated rings. The predicted octanol–water partition coefficient (Wildman–Crippen LogP) is 0.193. The molecule has 0 aliphatic heterocycles. The summed E-state index contributed by atoms with van der Waals surface area (Å²) in [6.45, 7) is 3.43. The van der Waals surface area contributed by atoms with Gasteiger partial charge in [-0.1, -0.05) is 0 Å². The van der Waals surface area contributed by atoms with Gasteiger partial charge in [0.05, 0.1) is 0 Å². The standard InChI is InChI=1S/2C3H9NOSi.Gd/c2*1-4(2)6(3)5;/h2*1-3H3;. The Bertz CT molecular complexity index is 147. The van der Waals surface area contributed by atoms with Crippen LogP contribution < -0.4 is 0 Å².